The topological polar surface area (TPSA) is 72.5 Å². The first-order valence-electron chi connectivity index (χ1n) is 8.68. The van der Waals surface area contributed by atoms with E-state index < -0.39 is 5.97 Å². The van der Waals surface area contributed by atoms with E-state index in [1.165, 1.54) is 44.1 Å². The number of hydrogen-bond donors (Lipinski definition) is 2. The third-order valence-electron chi connectivity index (χ3n) is 3.97. The molecule has 0 aliphatic heterocycles. The van der Waals surface area contributed by atoms with Crippen LogP contribution in [0.3, 0.4) is 0 Å². The number of rotatable bonds is 8. The van der Waals surface area contributed by atoms with Crippen LogP contribution in [0, 0.1) is 0 Å². The average Bonchev–Trinajstić information content (AvgIpc) is 2.64. The van der Waals surface area contributed by atoms with Crippen LogP contribution in [-0.2, 0) is 16.0 Å². The van der Waals surface area contributed by atoms with Crippen LogP contribution in [0.25, 0.3) is 6.08 Å². The van der Waals surface area contributed by atoms with Crippen molar-refractivity contribution in [1.82, 2.24) is 0 Å². The van der Waals surface area contributed by atoms with Crippen molar-refractivity contribution in [1.29, 1.82) is 0 Å². The van der Waals surface area contributed by atoms with Gasteiger partial charge in [0.25, 0.3) is 0 Å². The van der Waals surface area contributed by atoms with Gasteiger partial charge < -0.3 is 15.6 Å². The van der Waals surface area contributed by atoms with Gasteiger partial charge in [-0.1, -0.05) is 43.7 Å². The normalized spacial score (nSPS) is 11.0. The number of aromatic hydroxyl groups is 1. The summed E-state index contributed by atoms with van der Waals surface area (Å²) in [5.74, 6) is -0.527. The van der Waals surface area contributed by atoms with E-state index in [1.54, 1.807) is 23.9 Å². The zero-order chi connectivity index (χ0) is 18.9. The van der Waals surface area contributed by atoms with Crippen molar-refractivity contribution in [3.63, 3.8) is 0 Å². The molecule has 0 saturated heterocycles. The van der Waals surface area contributed by atoms with Gasteiger partial charge >= 0.3 is 5.97 Å². The molecule has 0 atom stereocenters. The van der Waals surface area contributed by atoms with Crippen molar-refractivity contribution in [3.8, 4) is 5.75 Å². The predicted molar refractivity (Wildman–Crippen MR) is 107 cm³/mol. The molecule has 0 aromatic heterocycles. The number of phenols is 1. The van der Waals surface area contributed by atoms with Crippen molar-refractivity contribution in [2.45, 2.75) is 42.4 Å². The molecule has 4 nitrogen and oxygen atoms in total. The highest BCUT2D eigenvalue weighted by Gasteiger charge is 2.08. The van der Waals surface area contributed by atoms with Gasteiger partial charge in [-0.3, -0.25) is 0 Å². The van der Waals surface area contributed by atoms with E-state index in [-0.39, 0.29) is 11.4 Å². The highest BCUT2D eigenvalue weighted by Crippen LogP contribution is 2.35. The standard InChI is InChI=1S/C21H25NO3S/c1-3-4-5-6-15-7-10-17(11-8-15)26-18-13-16(9-12-20(23)25-2)21(24)19(22)14-18/h7-14,24H,3-6,22H2,1-2H3. The van der Waals surface area contributed by atoms with Crippen molar-refractivity contribution in [2.24, 2.45) is 0 Å². The van der Waals surface area contributed by atoms with Gasteiger partial charge in [-0.25, -0.2) is 4.79 Å². The van der Waals surface area contributed by atoms with Gasteiger partial charge in [-0.2, -0.15) is 0 Å². The first kappa shape index (κ1) is 19.9. The van der Waals surface area contributed by atoms with E-state index in [0.717, 1.165) is 16.2 Å². The summed E-state index contributed by atoms with van der Waals surface area (Å²) in [6, 6.07) is 12.0. The first-order chi connectivity index (χ1) is 12.5. The second-order valence-corrected chi connectivity index (χ2v) is 7.16. The van der Waals surface area contributed by atoms with Gasteiger partial charge in [0.2, 0.25) is 0 Å². The summed E-state index contributed by atoms with van der Waals surface area (Å²) >= 11 is 1.56. The lowest BCUT2D eigenvalue weighted by atomic mass is 10.1. The third kappa shape index (κ3) is 5.85. The summed E-state index contributed by atoms with van der Waals surface area (Å²) < 4.78 is 4.57. The van der Waals surface area contributed by atoms with Gasteiger partial charge in [0, 0.05) is 21.4 Å². The van der Waals surface area contributed by atoms with Crippen LogP contribution in [0.4, 0.5) is 5.69 Å². The van der Waals surface area contributed by atoms with E-state index in [1.807, 2.05) is 0 Å². The van der Waals surface area contributed by atoms with Crippen LogP contribution >= 0.6 is 11.8 Å². The molecule has 0 heterocycles. The van der Waals surface area contributed by atoms with E-state index in [2.05, 4.69) is 35.9 Å². The summed E-state index contributed by atoms with van der Waals surface area (Å²) in [4.78, 5) is 13.2. The third-order valence-corrected chi connectivity index (χ3v) is 4.95. The number of aryl methyl sites for hydroxylation is 1. The molecular formula is C21H25NO3S. The maximum atomic E-state index is 11.3. The monoisotopic (exact) mass is 371 g/mol. The highest BCUT2D eigenvalue weighted by molar-refractivity contribution is 7.99. The van der Waals surface area contributed by atoms with Crippen LogP contribution in [0.1, 0.15) is 37.3 Å². The largest absolute Gasteiger partial charge is 0.505 e. The average molecular weight is 372 g/mol. The number of esters is 1. The fourth-order valence-corrected chi connectivity index (χ4v) is 3.42. The molecule has 0 amide bonds. The lowest BCUT2D eigenvalue weighted by molar-refractivity contribution is -0.134. The predicted octanol–water partition coefficient (Wildman–Crippen LogP) is 5.04. The molecule has 0 bridgehead atoms. The molecule has 0 fully saturated rings. The maximum absolute atomic E-state index is 11.3. The van der Waals surface area contributed by atoms with Gasteiger partial charge in [-0.15, -0.1) is 0 Å². The zero-order valence-electron chi connectivity index (χ0n) is 15.2. The quantitative estimate of drug-likeness (QED) is 0.223. The molecular weight excluding hydrogens is 346 g/mol. The molecule has 138 valence electrons. The molecule has 2 aromatic rings. The molecule has 26 heavy (non-hydrogen) atoms. The minimum absolute atomic E-state index is 0.0409. The van der Waals surface area contributed by atoms with Crippen LogP contribution in [-0.4, -0.2) is 18.2 Å². The fourth-order valence-electron chi connectivity index (χ4n) is 2.50. The summed E-state index contributed by atoms with van der Waals surface area (Å²) in [5.41, 5.74) is 7.99. The molecule has 2 aromatic carbocycles. The fraction of sp³-hybridized carbons (Fsp3) is 0.286. The van der Waals surface area contributed by atoms with E-state index in [4.69, 9.17) is 5.73 Å². The molecule has 2 rings (SSSR count). The number of anilines is 1. The Bertz CT molecular complexity index is 770. The van der Waals surface area contributed by atoms with Crippen molar-refractivity contribution >= 4 is 29.5 Å². The van der Waals surface area contributed by atoms with Crippen molar-refractivity contribution in [2.75, 3.05) is 12.8 Å². The minimum atomic E-state index is -0.486. The molecule has 0 unspecified atom stereocenters. The van der Waals surface area contributed by atoms with E-state index >= 15 is 0 Å². The smallest absolute Gasteiger partial charge is 0.330 e. The number of ether oxygens (including phenoxy) is 1. The second kappa shape index (κ2) is 9.92. The van der Waals surface area contributed by atoms with Gasteiger partial charge in [0.05, 0.1) is 12.8 Å². The van der Waals surface area contributed by atoms with Crippen LogP contribution in [0.2, 0.25) is 0 Å². The number of carbonyl (C=O) groups excluding carboxylic acids is 1. The maximum Gasteiger partial charge on any atom is 0.330 e. The Labute approximate surface area is 159 Å². The number of unbranched alkanes of at least 4 members (excludes halogenated alkanes) is 2. The minimum Gasteiger partial charge on any atom is -0.505 e. The lowest BCUT2D eigenvalue weighted by Crippen LogP contribution is -1.94. The van der Waals surface area contributed by atoms with Crippen molar-refractivity contribution < 1.29 is 14.6 Å². The second-order valence-electron chi connectivity index (χ2n) is 6.01. The Kier molecular flexibility index (Phi) is 7.60. The highest BCUT2D eigenvalue weighted by atomic mass is 32.2. The van der Waals surface area contributed by atoms with Gasteiger partial charge in [-0.05, 0) is 48.7 Å². The summed E-state index contributed by atoms with van der Waals surface area (Å²) in [6.45, 7) is 2.21. The molecule has 0 aliphatic carbocycles. The molecule has 5 heteroatoms. The van der Waals surface area contributed by atoms with Gasteiger partial charge in [0.1, 0.15) is 5.75 Å². The number of methoxy groups -OCH3 is 1. The molecule has 0 radical (unpaired) electrons. The Morgan fingerprint density at radius 2 is 1.92 bits per heavy atom. The van der Waals surface area contributed by atoms with Crippen LogP contribution in [0.5, 0.6) is 5.75 Å². The number of phenolic OH excluding ortho intramolecular Hbond substituents is 1. The molecule has 0 aliphatic rings. The van der Waals surface area contributed by atoms with E-state index in [9.17, 15) is 9.90 Å². The van der Waals surface area contributed by atoms with Crippen molar-refractivity contribution in [3.05, 3.63) is 53.6 Å². The molecule has 3 N–H and O–H groups in total. The first-order valence-corrected chi connectivity index (χ1v) is 9.50. The Balaban J connectivity index is 2.12. The zero-order valence-corrected chi connectivity index (χ0v) is 16.0. The summed E-state index contributed by atoms with van der Waals surface area (Å²) in [5, 5.41) is 10.1. The SMILES string of the molecule is CCCCCc1ccc(Sc2cc(N)c(O)c(C=CC(=O)OC)c2)cc1. The Morgan fingerprint density at radius 1 is 1.19 bits per heavy atom. The number of benzene rings is 2. The lowest BCUT2D eigenvalue weighted by Gasteiger charge is -2.09. The Morgan fingerprint density at radius 3 is 2.58 bits per heavy atom. The number of nitrogens with two attached hydrogens (primary N) is 1. The van der Waals surface area contributed by atoms with Gasteiger partial charge in [0.15, 0.2) is 0 Å². The number of nitrogen functional groups attached to an aromatic ring is 1. The number of hydrogen-bond acceptors (Lipinski definition) is 5. The van der Waals surface area contributed by atoms with Crippen LogP contribution < -0.4 is 5.73 Å². The molecule has 0 spiro atoms. The molecule has 0 saturated carbocycles. The van der Waals surface area contributed by atoms with E-state index in [0.29, 0.717) is 5.56 Å². The Hall–Kier alpha value is -2.40. The summed E-state index contributed by atoms with van der Waals surface area (Å²) in [6.07, 6.45) is 7.56. The van der Waals surface area contributed by atoms with Crippen LogP contribution in [0.15, 0.2) is 52.3 Å². The number of carbonyl (C=O) groups is 1. The summed E-state index contributed by atoms with van der Waals surface area (Å²) in [7, 11) is 1.30.